The first kappa shape index (κ1) is 20.8. The first-order valence-electron chi connectivity index (χ1n) is 10.2. The van der Waals surface area contributed by atoms with Gasteiger partial charge in [0.1, 0.15) is 17.0 Å². The molecule has 0 aliphatic heterocycles. The van der Waals surface area contributed by atoms with Crippen molar-refractivity contribution in [1.29, 1.82) is 0 Å². The molecule has 0 radical (unpaired) electrons. The SMILES string of the molecule is CNc1nccc(Cn2ccc(-c3nn(-c4ccc(Cl)cc4)c4c(F)cccc34)cc2=O)n1. The molecule has 0 spiro atoms. The van der Waals surface area contributed by atoms with Crippen molar-refractivity contribution >= 4 is 28.5 Å². The highest BCUT2D eigenvalue weighted by Crippen LogP contribution is 2.31. The van der Waals surface area contributed by atoms with Gasteiger partial charge in [-0.05, 0) is 42.5 Å². The molecule has 3 heterocycles. The van der Waals surface area contributed by atoms with Gasteiger partial charge in [0.15, 0.2) is 0 Å². The van der Waals surface area contributed by atoms with E-state index in [-0.39, 0.29) is 5.56 Å². The number of nitrogens with zero attached hydrogens (tertiary/aromatic N) is 5. The Morgan fingerprint density at radius 2 is 1.91 bits per heavy atom. The molecule has 3 aromatic heterocycles. The fraction of sp³-hybridized carbons (Fsp3) is 0.0833. The number of anilines is 1. The van der Waals surface area contributed by atoms with Crippen LogP contribution < -0.4 is 10.9 Å². The summed E-state index contributed by atoms with van der Waals surface area (Å²) in [6, 6.07) is 16.8. The van der Waals surface area contributed by atoms with E-state index in [4.69, 9.17) is 11.6 Å². The smallest absolute Gasteiger partial charge is 0.251 e. The third-order valence-corrected chi connectivity index (χ3v) is 5.52. The number of para-hydroxylation sites is 1. The van der Waals surface area contributed by atoms with Crippen LogP contribution in [-0.2, 0) is 6.54 Å². The summed E-state index contributed by atoms with van der Waals surface area (Å²) in [7, 11) is 1.73. The molecule has 1 N–H and O–H groups in total. The number of aromatic nitrogens is 5. The van der Waals surface area contributed by atoms with Gasteiger partial charge in [-0.2, -0.15) is 5.10 Å². The second-order valence-electron chi connectivity index (χ2n) is 7.38. The van der Waals surface area contributed by atoms with Crippen molar-refractivity contribution in [2.75, 3.05) is 12.4 Å². The van der Waals surface area contributed by atoms with E-state index in [0.29, 0.717) is 51.1 Å². The zero-order valence-corrected chi connectivity index (χ0v) is 18.3. The number of fused-ring (bicyclic) bond motifs is 1. The maximum Gasteiger partial charge on any atom is 0.251 e. The molecule has 0 aliphatic rings. The van der Waals surface area contributed by atoms with E-state index in [2.05, 4.69) is 20.4 Å². The molecule has 7 nitrogen and oxygen atoms in total. The molecule has 164 valence electrons. The number of benzene rings is 2. The van der Waals surface area contributed by atoms with Crippen LogP contribution in [0, 0.1) is 5.82 Å². The number of hydrogen-bond donors (Lipinski definition) is 1. The van der Waals surface area contributed by atoms with E-state index < -0.39 is 5.82 Å². The average molecular weight is 461 g/mol. The van der Waals surface area contributed by atoms with Crippen molar-refractivity contribution in [3.8, 4) is 16.9 Å². The molecular formula is C24H18ClFN6O. The minimum absolute atomic E-state index is 0.220. The topological polar surface area (TPSA) is 77.6 Å². The van der Waals surface area contributed by atoms with Crippen LogP contribution in [0.2, 0.25) is 5.02 Å². The van der Waals surface area contributed by atoms with E-state index in [1.54, 1.807) is 72.5 Å². The van der Waals surface area contributed by atoms with Gasteiger partial charge >= 0.3 is 0 Å². The Hall–Kier alpha value is -4.04. The van der Waals surface area contributed by atoms with Gasteiger partial charge in [0.2, 0.25) is 5.95 Å². The quantitative estimate of drug-likeness (QED) is 0.417. The third-order valence-electron chi connectivity index (χ3n) is 5.26. The van der Waals surface area contributed by atoms with Crippen molar-refractivity contribution in [1.82, 2.24) is 24.3 Å². The van der Waals surface area contributed by atoms with E-state index in [1.165, 1.54) is 16.8 Å². The van der Waals surface area contributed by atoms with E-state index in [9.17, 15) is 9.18 Å². The second kappa shape index (κ2) is 8.48. The Morgan fingerprint density at radius 3 is 2.67 bits per heavy atom. The lowest BCUT2D eigenvalue weighted by Crippen LogP contribution is -2.20. The van der Waals surface area contributed by atoms with Crippen LogP contribution >= 0.6 is 11.6 Å². The lowest BCUT2D eigenvalue weighted by Gasteiger charge is -2.07. The number of rotatable bonds is 5. The molecule has 0 amide bonds. The first-order chi connectivity index (χ1) is 16.0. The molecule has 0 fully saturated rings. The average Bonchev–Trinajstić information content (AvgIpc) is 3.22. The summed E-state index contributed by atoms with van der Waals surface area (Å²) in [5.41, 5.74) is 2.59. The molecule has 0 aliphatic carbocycles. The minimum atomic E-state index is -0.404. The van der Waals surface area contributed by atoms with Crippen LogP contribution in [0.3, 0.4) is 0 Å². The van der Waals surface area contributed by atoms with Crippen molar-refractivity contribution in [3.05, 3.63) is 99.9 Å². The van der Waals surface area contributed by atoms with E-state index in [0.717, 1.165) is 0 Å². The standard InChI is InChI=1S/C24H18ClFN6O/c1-27-24-28-11-9-17(29-24)14-31-12-10-15(13-21(31)33)22-19-3-2-4-20(26)23(19)32(30-22)18-7-5-16(25)6-8-18/h2-13H,14H2,1H3,(H,27,28,29). The summed E-state index contributed by atoms with van der Waals surface area (Å²) in [5.74, 6) is 0.0806. The maximum absolute atomic E-state index is 14.8. The fourth-order valence-electron chi connectivity index (χ4n) is 3.67. The third kappa shape index (κ3) is 3.96. The summed E-state index contributed by atoms with van der Waals surface area (Å²) in [5, 5.41) is 8.72. The zero-order chi connectivity index (χ0) is 22.9. The molecule has 5 aromatic rings. The van der Waals surface area contributed by atoms with Gasteiger partial charge in [0, 0.05) is 41.5 Å². The Bertz CT molecular complexity index is 1530. The number of nitrogens with one attached hydrogen (secondary N) is 1. The summed E-state index contributed by atoms with van der Waals surface area (Å²) in [6.45, 7) is 0.297. The molecule has 2 aromatic carbocycles. The van der Waals surface area contributed by atoms with Crippen molar-refractivity contribution in [2.45, 2.75) is 6.54 Å². The van der Waals surface area contributed by atoms with Crippen LogP contribution in [0.4, 0.5) is 10.3 Å². The van der Waals surface area contributed by atoms with Gasteiger partial charge in [-0.3, -0.25) is 4.79 Å². The lowest BCUT2D eigenvalue weighted by atomic mass is 10.1. The molecule has 0 saturated heterocycles. The van der Waals surface area contributed by atoms with Crippen LogP contribution in [0.5, 0.6) is 0 Å². The molecule has 0 saturated carbocycles. The predicted molar refractivity (Wildman–Crippen MR) is 126 cm³/mol. The largest absolute Gasteiger partial charge is 0.357 e. The summed E-state index contributed by atoms with van der Waals surface area (Å²) in [4.78, 5) is 21.3. The predicted octanol–water partition coefficient (Wildman–Crippen LogP) is 4.53. The molecule has 33 heavy (non-hydrogen) atoms. The lowest BCUT2D eigenvalue weighted by molar-refractivity contribution is 0.632. The fourth-order valence-corrected chi connectivity index (χ4v) is 3.80. The number of pyridine rings is 1. The highest BCUT2D eigenvalue weighted by atomic mass is 35.5. The van der Waals surface area contributed by atoms with E-state index >= 15 is 0 Å². The van der Waals surface area contributed by atoms with Crippen molar-refractivity contribution in [2.24, 2.45) is 0 Å². The molecule has 0 unspecified atom stereocenters. The Morgan fingerprint density at radius 1 is 1.09 bits per heavy atom. The Kier molecular flexibility index (Phi) is 5.35. The number of hydrogen-bond acceptors (Lipinski definition) is 5. The highest BCUT2D eigenvalue weighted by molar-refractivity contribution is 6.30. The normalized spacial score (nSPS) is 11.1. The Labute approximate surface area is 193 Å². The van der Waals surface area contributed by atoms with Gasteiger partial charge in [0.25, 0.3) is 5.56 Å². The minimum Gasteiger partial charge on any atom is -0.357 e. The first-order valence-corrected chi connectivity index (χ1v) is 10.5. The van der Waals surface area contributed by atoms with Crippen LogP contribution in [-0.4, -0.2) is 31.4 Å². The Balaban J connectivity index is 1.58. The van der Waals surface area contributed by atoms with Crippen molar-refractivity contribution < 1.29 is 4.39 Å². The van der Waals surface area contributed by atoms with Crippen LogP contribution in [0.1, 0.15) is 5.69 Å². The molecule has 0 bridgehead atoms. The monoisotopic (exact) mass is 460 g/mol. The van der Waals surface area contributed by atoms with Crippen molar-refractivity contribution in [3.63, 3.8) is 0 Å². The second-order valence-corrected chi connectivity index (χ2v) is 7.81. The summed E-state index contributed by atoms with van der Waals surface area (Å²) >= 11 is 6.00. The van der Waals surface area contributed by atoms with Gasteiger partial charge in [0.05, 0.1) is 17.9 Å². The zero-order valence-electron chi connectivity index (χ0n) is 17.5. The highest BCUT2D eigenvalue weighted by Gasteiger charge is 2.17. The maximum atomic E-state index is 14.8. The van der Waals surface area contributed by atoms with E-state index in [1.807, 2.05) is 0 Å². The van der Waals surface area contributed by atoms with Gasteiger partial charge in [-0.25, -0.2) is 19.0 Å². The van der Waals surface area contributed by atoms with Crippen LogP contribution in [0.25, 0.3) is 27.8 Å². The molecule has 9 heteroatoms. The molecule has 0 atom stereocenters. The van der Waals surface area contributed by atoms with Gasteiger partial charge in [-0.15, -0.1) is 0 Å². The van der Waals surface area contributed by atoms with Crippen LogP contribution in [0.15, 0.2) is 77.9 Å². The summed E-state index contributed by atoms with van der Waals surface area (Å²) < 4.78 is 17.9. The van der Waals surface area contributed by atoms with Gasteiger partial charge < -0.3 is 9.88 Å². The molecule has 5 rings (SSSR count). The number of halogens is 2. The molecular weight excluding hydrogens is 443 g/mol. The summed E-state index contributed by atoms with van der Waals surface area (Å²) in [6.07, 6.45) is 3.32. The van der Waals surface area contributed by atoms with Gasteiger partial charge in [-0.1, -0.05) is 23.7 Å².